The summed E-state index contributed by atoms with van der Waals surface area (Å²) in [7, 11) is -3.34. The number of nitrogens with one attached hydrogen (secondary N) is 2. The van der Waals surface area contributed by atoms with Gasteiger partial charge in [-0.3, -0.25) is 14.1 Å². The van der Waals surface area contributed by atoms with Crippen molar-refractivity contribution in [1.29, 1.82) is 0 Å². The number of nitrogens with zero attached hydrogens (tertiary/aromatic N) is 2. The van der Waals surface area contributed by atoms with E-state index in [9.17, 15) is 13.2 Å². The Labute approximate surface area is 193 Å². The molecule has 0 aliphatic heterocycles. The van der Waals surface area contributed by atoms with Gasteiger partial charge in [0, 0.05) is 29.9 Å². The number of sulfonamides is 1. The number of aromatic nitrogens is 2. The summed E-state index contributed by atoms with van der Waals surface area (Å²) >= 11 is 0. The van der Waals surface area contributed by atoms with E-state index < -0.39 is 10.0 Å². The van der Waals surface area contributed by atoms with Gasteiger partial charge >= 0.3 is 0 Å². The molecule has 2 N–H and O–H groups in total. The number of imidazole rings is 1. The van der Waals surface area contributed by atoms with Crippen LogP contribution in [0.2, 0.25) is 0 Å². The molecule has 0 radical (unpaired) electrons. The molecular weight excluding hydrogens is 436 g/mol. The summed E-state index contributed by atoms with van der Waals surface area (Å²) in [5, 5.41) is 2.87. The number of para-hydroxylation sites is 3. The molecule has 0 saturated heterocycles. The molecule has 0 saturated carbocycles. The van der Waals surface area contributed by atoms with Crippen LogP contribution >= 0.6 is 0 Å². The van der Waals surface area contributed by atoms with Crippen molar-refractivity contribution in [3.8, 4) is 5.69 Å². The van der Waals surface area contributed by atoms with Gasteiger partial charge in [-0.1, -0.05) is 37.3 Å². The number of aryl methyl sites for hydroxylation is 1. The molecule has 3 aromatic carbocycles. The molecule has 0 fully saturated rings. The second kappa shape index (κ2) is 9.87. The topological polar surface area (TPSA) is 93.1 Å². The number of benzene rings is 3. The molecule has 33 heavy (non-hydrogen) atoms. The van der Waals surface area contributed by atoms with E-state index in [1.807, 2.05) is 61.5 Å². The van der Waals surface area contributed by atoms with Crippen molar-refractivity contribution in [3.05, 3.63) is 84.7 Å². The number of carbonyl (C=O) groups excluding carboxylic acids is 1. The molecule has 4 aromatic rings. The highest BCUT2D eigenvalue weighted by Gasteiger charge is 2.14. The van der Waals surface area contributed by atoms with Crippen LogP contribution in [0, 0.1) is 0 Å². The minimum atomic E-state index is -3.34. The summed E-state index contributed by atoms with van der Waals surface area (Å²) in [5.74, 6) is 0.749. The van der Waals surface area contributed by atoms with Gasteiger partial charge in [-0.25, -0.2) is 13.4 Å². The van der Waals surface area contributed by atoms with Crippen molar-refractivity contribution in [3.63, 3.8) is 0 Å². The average Bonchev–Trinajstić information content (AvgIpc) is 3.18. The highest BCUT2D eigenvalue weighted by molar-refractivity contribution is 7.92. The van der Waals surface area contributed by atoms with Crippen LogP contribution in [0.25, 0.3) is 16.7 Å². The van der Waals surface area contributed by atoms with Crippen LogP contribution in [0.3, 0.4) is 0 Å². The van der Waals surface area contributed by atoms with Crippen molar-refractivity contribution >= 4 is 38.3 Å². The Kier molecular flexibility index (Phi) is 6.74. The van der Waals surface area contributed by atoms with E-state index in [4.69, 9.17) is 4.98 Å². The Bertz CT molecular complexity index is 1350. The number of hydrogen-bond donors (Lipinski definition) is 2. The summed E-state index contributed by atoms with van der Waals surface area (Å²) < 4.78 is 28.4. The number of carbonyl (C=O) groups is 1. The Morgan fingerprint density at radius 3 is 2.30 bits per heavy atom. The zero-order valence-electron chi connectivity index (χ0n) is 18.4. The van der Waals surface area contributed by atoms with Crippen LogP contribution in [-0.4, -0.2) is 29.6 Å². The lowest BCUT2D eigenvalue weighted by atomic mass is 10.2. The van der Waals surface area contributed by atoms with Gasteiger partial charge in [-0.15, -0.1) is 0 Å². The van der Waals surface area contributed by atoms with Crippen molar-refractivity contribution in [2.75, 3.05) is 15.8 Å². The van der Waals surface area contributed by atoms with Gasteiger partial charge in [0.25, 0.3) is 0 Å². The van der Waals surface area contributed by atoms with E-state index in [0.29, 0.717) is 24.2 Å². The SMILES string of the molecule is CCCS(=O)(=O)Nc1ccc(NC(=O)CCc2nc3ccccc3n2-c2ccccc2)cc1. The van der Waals surface area contributed by atoms with Gasteiger partial charge in [0.15, 0.2) is 0 Å². The predicted octanol–water partition coefficient (Wildman–Crippen LogP) is 4.75. The van der Waals surface area contributed by atoms with Crippen LogP contribution < -0.4 is 10.0 Å². The molecule has 1 amide bonds. The van der Waals surface area contributed by atoms with Crippen molar-refractivity contribution < 1.29 is 13.2 Å². The van der Waals surface area contributed by atoms with Crippen LogP contribution in [0.4, 0.5) is 11.4 Å². The second-order valence-electron chi connectivity index (χ2n) is 7.73. The molecule has 0 aliphatic rings. The van der Waals surface area contributed by atoms with Gasteiger partial charge in [0.05, 0.1) is 16.8 Å². The lowest BCUT2D eigenvalue weighted by Crippen LogP contribution is -2.16. The number of rotatable bonds is 9. The molecule has 0 aliphatic carbocycles. The first kappa shape index (κ1) is 22.5. The Morgan fingerprint density at radius 1 is 0.909 bits per heavy atom. The molecule has 1 heterocycles. The molecular formula is C25H26N4O3S. The minimum Gasteiger partial charge on any atom is -0.326 e. The number of hydrogen-bond acceptors (Lipinski definition) is 4. The van der Waals surface area contributed by atoms with Crippen molar-refractivity contribution in [2.45, 2.75) is 26.2 Å². The van der Waals surface area contributed by atoms with Crippen LogP contribution in [0.1, 0.15) is 25.6 Å². The lowest BCUT2D eigenvalue weighted by molar-refractivity contribution is -0.116. The minimum absolute atomic E-state index is 0.0687. The average molecular weight is 463 g/mol. The summed E-state index contributed by atoms with van der Waals surface area (Å²) in [6, 6.07) is 24.5. The van der Waals surface area contributed by atoms with Crippen LogP contribution in [-0.2, 0) is 21.2 Å². The number of amides is 1. The highest BCUT2D eigenvalue weighted by atomic mass is 32.2. The van der Waals surface area contributed by atoms with E-state index in [1.54, 1.807) is 24.3 Å². The Balaban J connectivity index is 1.43. The largest absolute Gasteiger partial charge is 0.326 e. The normalized spacial score (nSPS) is 11.4. The fourth-order valence-corrected chi connectivity index (χ4v) is 4.81. The van der Waals surface area contributed by atoms with E-state index in [1.165, 1.54) is 0 Å². The maximum Gasteiger partial charge on any atom is 0.232 e. The third-order valence-electron chi connectivity index (χ3n) is 5.14. The van der Waals surface area contributed by atoms with E-state index in [0.717, 1.165) is 22.5 Å². The molecule has 0 unspecified atom stereocenters. The number of anilines is 2. The summed E-state index contributed by atoms with van der Waals surface area (Å²) in [4.78, 5) is 17.3. The molecule has 170 valence electrons. The fraction of sp³-hybridized carbons (Fsp3) is 0.200. The molecule has 0 atom stereocenters. The molecule has 4 rings (SSSR count). The molecule has 7 nitrogen and oxygen atoms in total. The second-order valence-corrected chi connectivity index (χ2v) is 9.58. The first-order chi connectivity index (χ1) is 15.9. The van der Waals surface area contributed by atoms with Gasteiger partial charge in [-0.05, 0) is 55.0 Å². The third kappa shape index (κ3) is 5.59. The monoisotopic (exact) mass is 462 g/mol. The van der Waals surface area contributed by atoms with Gasteiger partial charge in [0.1, 0.15) is 5.82 Å². The first-order valence-corrected chi connectivity index (χ1v) is 12.5. The summed E-state index contributed by atoms with van der Waals surface area (Å²) in [6.45, 7) is 1.81. The molecule has 1 aromatic heterocycles. The number of fused-ring (bicyclic) bond motifs is 1. The predicted molar refractivity (Wildman–Crippen MR) is 132 cm³/mol. The van der Waals surface area contributed by atoms with Crippen molar-refractivity contribution in [1.82, 2.24) is 9.55 Å². The van der Waals surface area contributed by atoms with E-state index in [2.05, 4.69) is 14.6 Å². The zero-order valence-corrected chi connectivity index (χ0v) is 19.2. The Hall–Kier alpha value is -3.65. The summed E-state index contributed by atoms with van der Waals surface area (Å²) in [6.07, 6.45) is 1.28. The van der Waals surface area contributed by atoms with Crippen LogP contribution in [0.15, 0.2) is 78.9 Å². The molecule has 8 heteroatoms. The van der Waals surface area contributed by atoms with Gasteiger partial charge < -0.3 is 5.32 Å². The first-order valence-electron chi connectivity index (χ1n) is 10.9. The maximum absolute atomic E-state index is 12.6. The fourth-order valence-electron chi connectivity index (χ4n) is 3.68. The molecule has 0 bridgehead atoms. The van der Waals surface area contributed by atoms with Crippen molar-refractivity contribution in [2.24, 2.45) is 0 Å². The standard InChI is InChI=1S/C25H26N4O3S/c1-2-18-33(31,32)28-20-14-12-19(13-15-20)26-25(30)17-16-24-27-22-10-6-7-11-23(22)29(24)21-8-4-3-5-9-21/h3-15,28H,2,16-18H2,1H3,(H,26,30). The van der Waals surface area contributed by atoms with E-state index in [-0.39, 0.29) is 18.1 Å². The van der Waals surface area contributed by atoms with E-state index >= 15 is 0 Å². The zero-order chi connectivity index (χ0) is 23.3. The maximum atomic E-state index is 12.6. The smallest absolute Gasteiger partial charge is 0.232 e. The third-order valence-corrected chi connectivity index (χ3v) is 6.63. The van der Waals surface area contributed by atoms with Crippen LogP contribution in [0.5, 0.6) is 0 Å². The Morgan fingerprint density at radius 2 is 1.58 bits per heavy atom. The summed E-state index contributed by atoms with van der Waals surface area (Å²) in [5.41, 5.74) is 3.97. The van der Waals surface area contributed by atoms with Gasteiger partial charge in [0.2, 0.25) is 15.9 Å². The quantitative estimate of drug-likeness (QED) is 0.375. The van der Waals surface area contributed by atoms with Gasteiger partial charge in [-0.2, -0.15) is 0 Å². The highest BCUT2D eigenvalue weighted by Crippen LogP contribution is 2.22. The molecule has 0 spiro atoms. The lowest BCUT2D eigenvalue weighted by Gasteiger charge is -2.10.